The summed E-state index contributed by atoms with van der Waals surface area (Å²) in [7, 11) is -1.35. The molecular weight excluding hydrogens is 407 g/mol. The second-order valence-electron chi connectivity index (χ2n) is 4.86. The molecule has 0 aliphatic carbocycles. The molecule has 0 amide bonds. The van der Waals surface area contributed by atoms with Crippen LogP contribution in [0.4, 0.5) is 0 Å². The number of sulfone groups is 1. The van der Waals surface area contributed by atoms with Gasteiger partial charge in [0.05, 0.1) is 18.0 Å². The number of hydrogen-bond acceptors (Lipinski definition) is 5. The Hall–Kier alpha value is -0.840. The van der Waals surface area contributed by atoms with E-state index in [1.807, 2.05) is 19.9 Å². The fourth-order valence-electron chi connectivity index (χ4n) is 1.43. The third kappa shape index (κ3) is 8.24. The van der Waals surface area contributed by atoms with Crippen molar-refractivity contribution in [3.63, 3.8) is 0 Å². The predicted octanol–water partition coefficient (Wildman–Crippen LogP) is 1.13. The molecule has 0 aromatic carbocycles. The molecule has 0 saturated carbocycles. The first-order valence-corrected chi connectivity index (χ1v) is 8.45. The van der Waals surface area contributed by atoms with Crippen LogP contribution in [0.1, 0.15) is 31.2 Å². The molecule has 0 aliphatic heterocycles. The summed E-state index contributed by atoms with van der Waals surface area (Å²) in [5.74, 6) is 1.61. The van der Waals surface area contributed by atoms with Crippen LogP contribution in [0.2, 0.25) is 0 Å². The monoisotopic (exact) mass is 430 g/mol. The molecule has 1 rings (SSSR count). The molecule has 0 saturated heterocycles. The van der Waals surface area contributed by atoms with E-state index in [9.17, 15) is 8.42 Å². The molecule has 122 valence electrons. The van der Waals surface area contributed by atoms with E-state index in [1.54, 1.807) is 7.05 Å². The van der Waals surface area contributed by atoms with Crippen LogP contribution in [-0.4, -0.2) is 45.1 Å². The second kappa shape index (κ2) is 9.23. The summed E-state index contributed by atoms with van der Waals surface area (Å²) >= 11 is 0. The van der Waals surface area contributed by atoms with E-state index in [-0.39, 0.29) is 29.7 Å². The Morgan fingerprint density at radius 3 is 2.57 bits per heavy atom. The van der Waals surface area contributed by atoms with Gasteiger partial charge in [-0.2, -0.15) is 0 Å². The minimum absolute atomic E-state index is 0. The van der Waals surface area contributed by atoms with Crippen molar-refractivity contribution < 1.29 is 12.9 Å². The van der Waals surface area contributed by atoms with Gasteiger partial charge >= 0.3 is 0 Å². The average molecular weight is 430 g/mol. The molecule has 1 aromatic heterocycles. The summed E-state index contributed by atoms with van der Waals surface area (Å²) in [6, 6.07) is 1.89. The summed E-state index contributed by atoms with van der Waals surface area (Å²) in [5.41, 5.74) is 0.904. The first-order valence-electron chi connectivity index (χ1n) is 6.39. The van der Waals surface area contributed by atoms with Crippen LogP contribution in [-0.2, 0) is 16.4 Å². The Bertz CT molecular complexity index is 555. The van der Waals surface area contributed by atoms with Crippen molar-refractivity contribution in [2.24, 2.45) is 4.99 Å². The van der Waals surface area contributed by atoms with Crippen molar-refractivity contribution in [1.29, 1.82) is 0 Å². The third-order valence-electron chi connectivity index (χ3n) is 2.59. The summed E-state index contributed by atoms with van der Waals surface area (Å²) in [6.45, 7) is 4.84. The van der Waals surface area contributed by atoms with Crippen LogP contribution < -0.4 is 10.6 Å². The predicted molar refractivity (Wildman–Crippen MR) is 93.9 cm³/mol. The lowest BCUT2D eigenvalue weighted by molar-refractivity contribution is 0.372. The maximum atomic E-state index is 11.0. The Labute approximate surface area is 142 Å². The lowest BCUT2D eigenvalue weighted by atomic mass is 10.1. The van der Waals surface area contributed by atoms with Gasteiger partial charge in [0, 0.05) is 25.9 Å². The number of halogens is 1. The molecule has 0 fully saturated rings. The Morgan fingerprint density at radius 2 is 2.10 bits per heavy atom. The zero-order valence-electron chi connectivity index (χ0n) is 12.7. The van der Waals surface area contributed by atoms with Crippen LogP contribution in [0.15, 0.2) is 15.6 Å². The van der Waals surface area contributed by atoms with Gasteiger partial charge < -0.3 is 15.2 Å². The maximum Gasteiger partial charge on any atom is 0.191 e. The van der Waals surface area contributed by atoms with Crippen LogP contribution in [0.5, 0.6) is 0 Å². The minimum atomic E-state index is -2.98. The highest BCUT2D eigenvalue weighted by atomic mass is 127. The lowest BCUT2D eigenvalue weighted by Gasteiger charge is -2.09. The first-order chi connectivity index (χ1) is 9.31. The van der Waals surface area contributed by atoms with Crippen molar-refractivity contribution in [3.8, 4) is 0 Å². The van der Waals surface area contributed by atoms with E-state index in [4.69, 9.17) is 4.52 Å². The fourth-order valence-corrected chi connectivity index (χ4v) is 1.90. The Kier molecular flexibility index (Phi) is 8.86. The van der Waals surface area contributed by atoms with Gasteiger partial charge in [0.1, 0.15) is 9.84 Å². The van der Waals surface area contributed by atoms with Gasteiger partial charge in [0.15, 0.2) is 11.7 Å². The van der Waals surface area contributed by atoms with E-state index < -0.39 is 9.84 Å². The van der Waals surface area contributed by atoms with Crippen LogP contribution in [0.25, 0.3) is 0 Å². The van der Waals surface area contributed by atoms with Crippen molar-refractivity contribution in [3.05, 3.63) is 17.5 Å². The number of nitrogens with zero attached hydrogens (tertiary/aromatic N) is 2. The highest BCUT2D eigenvalue weighted by molar-refractivity contribution is 14.0. The molecule has 1 heterocycles. The maximum absolute atomic E-state index is 11.0. The van der Waals surface area contributed by atoms with Crippen LogP contribution in [0.3, 0.4) is 0 Å². The largest absolute Gasteiger partial charge is 0.359 e. The number of aromatic nitrogens is 1. The first kappa shape index (κ1) is 20.2. The summed E-state index contributed by atoms with van der Waals surface area (Å²) in [5, 5.41) is 9.92. The van der Waals surface area contributed by atoms with E-state index in [0.29, 0.717) is 30.7 Å². The van der Waals surface area contributed by atoms with E-state index in [0.717, 1.165) is 5.69 Å². The third-order valence-corrected chi connectivity index (χ3v) is 3.53. The molecule has 0 radical (unpaired) electrons. The number of hydrogen-bond donors (Lipinski definition) is 2. The van der Waals surface area contributed by atoms with Gasteiger partial charge in [-0.05, 0) is 5.92 Å². The summed E-state index contributed by atoms with van der Waals surface area (Å²) < 4.78 is 27.2. The molecule has 0 bridgehead atoms. The van der Waals surface area contributed by atoms with Crippen LogP contribution >= 0.6 is 24.0 Å². The van der Waals surface area contributed by atoms with E-state index >= 15 is 0 Å². The Morgan fingerprint density at radius 1 is 1.43 bits per heavy atom. The van der Waals surface area contributed by atoms with Crippen LogP contribution in [0, 0.1) is 0 Å². The van der Waals surface area contributed by atoms with Crippen molar-refractivity contribution >= 4 is 39.8 Å². The van der Waals surface area contributed by atoms with Gasteiger partial charge in [-0.15, -0.1) is 24.0 Å². The highest BCUT2D eigenvalue weighted by Gasteiger charge is 2.08. The molecule has 2 N–H and O–H groups in total. The van der Waals surface area contributed by atoms with Gasteiger partial charge in [-0.25, -0.2) is 8.42 Å². The van der Waals surface area contributed by atoms with E-state index in [1.165, 1.54) is 6.26 Å². The number of guanidine groups is 1. The van der Waals surface area contributed by atoms with Gasteiger partial charge in [-0.3, -0.25) is 4.99 Å². The molecule has 0 spiro atoms. The van der Waals surface area contributed by atoms with E-state index in [2.05, 4.69) is 20.8 Å². The van der Waals surface area contributed by atoms with Crippen molar-refractivity contribution in [2.75, 3.05) is 25.6 Å². The second-order valence-corrected chi connectivity index (χ2v) is 7.11. The molecule has 9 heteroatoms. The van der Waals surface area contributed by atoms with Crippen molar-refractivity contribution in [1.82, 2.24) is 15.8 Å². The SMILES string of the molecule is CN=C(NCCS(C)(=O)=O)NCc1cc(C(C)C)no1.I. The highest BCUT2D eigenvalue weighted by Crippen LogP contribution is 2.13. The number of nitrogens with one attached hydrogen (secondary N) is 2. The number of rotatable bonds is 6. The molecule has 0 atom stereocenters. The fraction of sp³-hybridized carbons (Fsp3) is 0.667. The standard InChI is InChI=1S/C12H22N4O3S.HI/c1-9(2)11-7-10(19-16-11)8-15-12(13-3)14-5-6-20(4,17)18;/h7,9H,5-6,8H2,1-4H3,(H2,13,14,15);1H. The van der Waals surface area contributed by atoms with Gasteiger partial charge in [-0.1, -0.05) is 19.0 Å². The molecule has 21 heavy (non-hydrogen) atoms. The lowest BCUT2D eigenvalue weighted by Crippen LogP contribution is -2.39. The molecule has 0 unspecified atom stereocenters. The molecular formula is C12H23IN4O3S. The molecule has 7 nitrogen and oxygen atoms in total. The Balaban J connectivity index is 0.00000400. The topological polar surface area (TPSA) is 96.6 Å². The zero-order valence-corrected chi connectivity index (χ0v) is 15.9. The minimum Gasteiger partial charge on any atom is -0.359 e. The molecule has 1 aromatic rings. The normalized spacial score (nSPS) is 12.1. The molecule has 0 aliphatic rings. The van der Waals surface area contributed by atoms with Gasteiger partial charge in [0.2, 0.25) is 0 Å². The summed E-state index contributed by atoms with van der Waals surface area (Å²) in [4.78, 5) is 4.00. The van der Waals surface area contributed by atoms with Gasteiger partial charge in [0.25, 0.3) is 0 Å². The smallest absolute Gasteiger partial charge is 0.191 e. The quantitative estimate of drug-likeness (QED) is 0.399. The number of aliphatic imine (C=N–C) groups is 1. The summed E-state index contributed by atoms with van der Waals surface area (Å²) in [6.07, 6.45) is 1.20. The van der Waals surface area contributed by atoms with Crippen molar-refractivity contribution in [2.45, 2.75) is 26.3 Å². The zero-order chi connectivity index (χ0) is 15.2. The average Bonchev–Trinajstić information content (AvgIpc) is 2.81.